The van der Waals surface area contributed by atoms with Gasteiger partial charge in [-0.15, -0.1) is 0 Å². The molecular formula is C22H37BN2O4. The molecule has 2 rings (SSSR count). The van der Waals surface area contributed by atoms with Crippen LogP contribution in [0.4, 0.5) is 10.5 Å². The van der Waals surface area contributed by atoms with Crippen molar-refractivity contribution in [3.63, 3.8) is 0 Å². The molecule has 0 bridgehead atoms. The van der Waals surface area contributed by atoms with Gasteiger partial charge in [0.1, 0.15) is 5.60 Å². The highest BCUT2D eigenvalue weighted by Gasteiger charge is 2.51. The van der Waals surface area contributed by atoms with E-state index in [9.17, 15) is 4.79 Å². The SMILES string of the molecule is CCN(CCN(C)C(=O)OC(C)(C)C)c1ccc(B2OC(C)(C)C(C)(C)O2)cc1. The Morgan fingerprint density at radius 3 is 2.00 bits per heavy atom. The summed E-state index contributed by atoms with van der Waals surface area (Å²) in [7, 11) is 1.41. The molecule has 6 nitrogen and oxygen atoms in total. The van der Waals surface area contributed by atoms with Gasteiger partial charge in [0.2, 0.25) is 0 Å². The van der Waals surface area contributed by atoms with Crippen molar-refractivity contribution in [2.75, 3.05) is 31.6 Å². The minimum absolute atomic E-state index is 0.301. The van der Waals surface area contributed by atoms with Crippen molar-refractivity contribution in [1.29, 1.82) is 0 Å². The number of amides is 1. The Labute approximate surface area is 176 Å². The van der Waals surface area contributed by atoms with Crippen LogP contribution in [0.25, 0.3) is 0 Å². The zero-order valence-electron chi connectivity index (χ0n) is 19.5. The van der Waals surface area contributed by atoms with Gasteiger partial charge >= 0.3 is 13.2 Å². The number of carbonyl (C=O) groups excluding carboxylic acids is 1. The molecule has 0 unspecified atom stereocenters. The number of anilines is 1. The molecule has 1 aromatic rings. The van der Waals surface area contributed by atoms with Crippen molar-refractivity contribution < 1.29 is 18.8 Å². The molecule has 1 heterocycles. The van der Waals surface area contributed by atoms with Gasteiger partial charge in [-0.2, -0.15) is 0 Å². The number of carbonyl (C=O) groups is 1. The van der Waals surface area contributed by atoms with Gasteiger partial charge in [0.05, 0.1) is 11.2 Å². The first-order chi connectivity index (χ1) is 13.3. The summed E-state index contributed by atoms with van der Waals surface area (Å²) in [6.45, 7) is 18.1. The average Bonchev–Trinajstić information content (AvgIpc) is 2.82. The number of ether oxygens (including phenoxy) is 1. The van der Waals surface area contributed by atoms with Crippen molar-refractivity contribution in [3.8, 4) is 0 Å². The zero-order valence-corrected chi connectivity index (χ0v) is 19.5. The van der Waals surface area contributed by atoms with Crippen LogP contribution in [0.15, 0.2) is 24.3 Å². The molecule has 0 N–H and O–H groups in total. The van der Waals surface area contributed by atoms with Crippen LogP contribution in [-0.2, 0) is 14.0 Å². The summed E-state index contributed by atoms with van der Waals surface area (Å²) < 4.78 is 17.7. The lowest BCUT2D eigenvalue weighted by molar-refractivity contribution is 0.00578. The van der Waals surface area contributed by atoms with E-state index in [2.05, 4.69) is 63.8 Å². The molecule has 1 amide bonds. The lowest BCUT2D eigenvalue weighted by Gasteiger charge is -2.32. The van der Waals surface area contributed by atoms with Crippen LogP contribution in [0.3, 0.4) is 0 Å². The normalized spacial score (nSPS) is 17.9. The van der Waals surface area contributed by atoms with E-state index in [1.54, 1.807) is 11.9 Å². The Morgan fingerprint density at radius 2 is 1.55 bits per heavy atom. The molecule has 1 aliphatic rings. The standard InChI is InChI=1S/C22H37BN2O4/c1-10-25(16-15-24(9)19(26)27-20(2,3)4)18-13-11-17(12-14-18)23-28-21(5,6)22(7,8)29-23/h11-14H,10,15-16H2,1-9H3. The molecule has 0 spiro atoms. The van der Waals surface area contributed by atoms with Gasteiger partial charge in [-0.3, -0.25) is 0 Å². The second kappa shape index (κ2) is 8.56. The highest BCUT2D eigenvalue weighted by molar-refractivity contribution is 6.62. The van der Waals surface area contributed by atoms with Crippen molar-refractivity contribution >= 4 is 24.4 Å². The molecule has 0 radical (unpaired) electrons. The Balaban J connectivity index is 1.98. The van der Waals surface area contributed by atoms with Gasteiger partial charge in [-0.25, -0.2) is 4.79 Å². The summed E-state index contributed by atoms with van der Waals surface area (Å²) in [4.78, 5) is 16.0. The molecule has 29 heavy (non-hydrogen) atoms. The summed E-state index contributed by atoms with van der Waals surface area (Å²) in [5, 5.41) is 0. The number of likely N-dealkylation sites (N-methyl/N-ethyl adjacent to an activating group) is 2. The van der Waals surface area contributed by atoms with Gasteiger partial charge in [0, 0.05) is 32.4 Å². The van der Waals surface area contributed by atoms with Crippen LogP contribution >= 0.6 is 0 Å². The van der Waals surface area contributed by atoms with Crippen molar-refractivity contribution in [1.82, 2.24) is 4.90 Å². The molecule has 0 aliphatic carbocycles. The zero-order chi connectivity index (χ0) is 22.0. The molecule has 1 saturated heterocycles. The molecule has 162 valence electrons. The maximum Gasteiger partial charge on any atom is 0.494 e. The largest absolute Gasteiger partial charge is 0.494 e. The summed E-state index contributed by atoms with van der Waals surface area (Å²) in [6, 6.07) is 8.27. The Morgan fingerprint density at radius 1 is 1.03 bits per heavy atom. The van der Waals surface area contributed by atoms with Crippen molar-refractivity contribution in [2.45, 2.75) is 72.2 Å². The number of nitrogens with zero attached hydrogens (tertiary/aromatic N) is 2. The summed E-state index contributed by atoms with van der Waals surface area (Å²) >= 11 is 0. The first kappa shape index (κ1) is 23.6. The average molecular weight is 404 g/mol. The van der Waals surface area contributed by atoms with Crippen LogP contribution in [0.5, 0.6) is 0 Å². The van der Waals surface area contributed by atoms with E-state index in [4.69, 9.17) is 14.0 Å². The molecule has 1 fully saturated rings. The van der Waals surface area contributed by atoms with Gasteiger partial charge in [0.15, 0.2) is 0 Å². The minimum atomic E-state index is -0.487. The van der Waals surface area contributed by atoms with Crippen LogP contribution in [0, 0.1) is 0 Å². The molecule has 1 aromatic carbocycles. The monoisotopic (exact) mass is 404 g/mol. The van der Waals surface area contributed by atoms with Gasteiger partial charge in [-0.05, 0) is 73.0 Å². The molecule has 0 atom stereocenters. The van der Waals surface area contributed by atoms with E-state index in [0.29, 0.717) is 6.54 Å². The minimum Gasteiger partial charge on any atom is -0.444 e. The quantitative estimate of drug-likeness (QED) is 0.677. The molecule has 0 saturated carbocycles. The summed E-state index contributed by atoms with van der Waals surface area (Å²) in [5.41, 5.74) is 0.926. The Hall–Kier alpha value is -1.73. The molecule has 7 heteroatoms. The molecule has 1 aliphatic heterocycles. The van der Waals surface area contributed by atoms with E-state index in [1.807, 2.05) is 20.8 Å². The molecule has 0 aromatic heterocycles. The number of rotatable bonds is 6. The second-order valence-electron chi connectivity index (χ2n) is 9.66. The fourth-order valence-corrected chi connectivity index (χ4v) is 2.99. The predicted molar refractivity (Wildman–Crippen MR) is 119 cm³/mol. The van der Waals surface area contributed by atoms with Gasteiger partial charge in [-0.1, -0.05) is 12.1 Å². The van der Waals surface area contributed by atoms with E-state index in [1.165, 1.54) is 0 Å². The van der Waals surface area contributed by atoms with Crippen LogP contribution < -0.4 is 10.4 Å². The number of hydrogen-bond donors (Lipinski definition) is 0. The first-order valence-electron chi connectivity index (χ1n) is 10.4. The lowest BCUT2D eigenvalue weighted by atomic mass is 9.79. The fraction of sp³-hybridized carbons (Fsp3) is 0.682. The van der Waals surface area contributed by atoms with Crippen LogP contribution in [0.2, 0.25) is 0 Å². The topological polar surface area (TPSA) is 51.2 Å². The predicted octanol–water partition coefficient (Wildman–Crippen LogP) is 3.68. The van der Waals surface area contributed by atoms with E-state index in [0.717, 1.165) is 24.2 Å². The number of hydrogen-bond acceptors (Lipinski definition) is 5. The van der Waals surface area contributed by atoms with Crippen molar-refractivity contribution in [2.24, 2.45) is 0 Å². The van der Waals surface area contributed by atoms with Crippen LogP contribution in [-0.4, -0.2) is 61.6 Å². The highest BCUT2D eigenvalue weighted by atomic mass is 16.7. The highest BCUT2D eigenvalue weighted by Crippen LogP contribution is 2.36. The lowest BCUT2D eigenvalue weighted by Crippen LogP contribution is -2.41. The van der Waals surface area contributed by atoms with Gasteiger partial charge in [0.25, 0.3) is 0 Å². The maximum absolute atomic E-state index is 12.2. The second-order valence-corrected chi connectivity index (χ2v) is 9.66. The fourth-order valence-electron chi connectivity index (χ4n) is 2.99. The third kappa shape index (κ3) is 5.89. The van der Waals surface area contributed by atoms with Crippen LogP contribution in [0.1, 0.15) is 55.4 Å². The number of benzene rings is 1. The summed E-state index contributed by atoms with van der Waals surface area (Å²) in [6.07, 6.45) is -0.301. The summed E-state index contributed by atoms with van der Waals surface area (Å²) in [5.74, 6) is 0. The Kier molecular flexibility index (Phi) is 6.95. The molecular weight excluding hydrogens is 367 g/mol. The van der Waals surface area contributed by atoms with E-state index < -0.39 is 5.60 Å². The van der Waals surface area contributed by atoms with Crippen molar-refractivity contribution in [3.05, 3.63) is 24.3 Å². The Bertz CT molecular complexity index is 682. The van der Waals surface area contributed by atoms with E-state index in [-0.39, 0.29) is 24.4 Å². The first-order valence-corrected chi connectivity index (χ1v) is 10.4. The maximum atomic E-state index is 12.2. The third-order valence-electron chi connectivity index (χ3n) is 5.58. The third-order valence-corrected chi connectivity index (χ3v) is 5.58. The van der Waals surface area contributed by atoms with Gasteiger partial charge < -0.3 is 23.8 Å². The van der Waals surface area contributed by atoms with E-state index >= 15 is 0 Å². The smallest absolute Gasteiger partial charge is 0.444 e.